The minimum absolute atomic E-state index is 0.137. The van der Waals surface area contributed by atoms with Gasteiger partial charge in [-0.15, -0.1) is 0 Å². The molecule has 0 aliphatic rings. The Morgan fingerprint density at radius 3 is 2.60 bits per heavy atom. The lowest BCUT2D eigenvalue weighted by Gasteiger charge is -2.18. The van der Waals surface area contributed by atoms with Crippen molar-refractivity contribution in [2.45, 2.75) is 19.2 Å². The van der Waals surface area contributed by atoms with Crippen LogP contribution in [0, 0.1) is 0 Å². The van der Waals surface area contributed by atoms with E-state index in [2.05, 4.69) is 0 Å². The SMILES string of the molecule is CN(CCC(F)(F)F)C(=O)COCc1ccccc1Cl. The van der Waals surface area contributed by atoms with Crippen LogP contribution in [0.4, 0.5) is 13.2 Å². The minimum Gasteiger partial charge on any atom is -0.367 e. The van der Waals surface area contributed by atoms with Crippen molar-refractivity contribution in [3.8, 4) is 0 Å². The van der Waals surface area contributed by atoms with E-state index in [1.54, 1.807) is 24.3 Å². The van der Waals surface area contributed by atoms with Crippen LogP contribution in [0.5, 0.6) is 0 Å². The summed E-state index contributed by atoms with van der Waals surface area (Å²) >= 11 is 5.90. The second-order valence-electron chi connectivity index (χ2n) is 4.26. The van der Waals surface area contributed by atoms with Gasteiger partial charge in [-0.25, -0.2) is 0 Å². The van der Waals surface area contributed by atoms with Gasteiger partial charge in [-0.2, -0.15) is 13.2 Å². The molecule has 1 rings (SSSR count). The van der Waals surface area contributed by atoms with Crippen molar-refractivity contribution >= 4 is 17.5 Å². The quantitative estimate of drug-likeness (QED) is 0.807. The fraction of sp³-hybridized carbons (Fsp3) is 0.462. The van der Waals surface area contributed by atoms with Crippen LogP contribution in [-0.4, -0.2) is 37.2 Å². The number of hydrogen-bond donors (Lipinski definition) is 0. The van der Waals surface area contributed by atoms with Crippen LogP contribution >= 0.6 is 11.6 Å². The smallest absolute Gasteiger partial charge is 0.367 e. The summed E-state index contributed by atoms with van der Waals surface area (Å²) in [5, 5.41) is 0.519. The number of likely N-dealkylation sites (N-methyl/N-ethyl adjacent to an activating group) is 1. The molecule has 0 unspecified atom stereocenters. The normalized spacial score (nSPS) is 11.4. The summed E-state index contributed by atoms with van der Waals surface area (Å²) in [6, 6.07) is 6.99. The van der Waals surface area contributed by atoms with Gasteiger partial charge in [0.15, 0.2) is 0 Å². The lowest BCUT2D eigenvalue weighted by atomic mass is 10.2. The second-order valence-corrected chi connectivity index (χ2v) is 4.67. The first kappa shape index (κ1) is 16.8. The summed E-state index contributed by atoms with van der Waals surface area (Å²) in [5.41, 5.74) is 0.722. The number of hydrogen-bond acceptors (Lipinski definition) is 2. The van der Waals surface area contributed by atoms with E-state index in [1.807, 2.05) is 0 Å². The molecule has 0 N–H and O–H groups in total. The molecule has 0 aliphatic heterocycles. The number of ether oxygens (including phenoxy) is 1. The Balaban J connectivity index is 2.31. The fourth-order valence-electron chi connectivity index (χ4n) is 1.39. The topological polar surface area (TPSA) is 29.5 Å². The van der Waals surface area contributed by atoms with Crippen LogP contribution < -0.4 is 0 Å². The molecule has 1 aromatic carbocycles. The van der Waals surface area contributed by atoms with Crippen molar-refractivity contribution in [3.63, 3.8) is 0 Å². The molecule has 7 heteroatoms. The largest absolute Gasteiger partial charge is 0.390 e. The zero-order chi connectivity index (χ0) is 15.2. The van der Waals surface area contributed by atoms with Crippen LogP contribution in [0.15, 0.2) is 24.3 Å². The molecule has 20 heavy (non-hydrogen) atoms. The summed E-state index contributed by atoms with van der Waals surface area (Å²) in [6.45, 7) is -0.518. The molecule has 0 aliphatic carbocycles. The summed E-state index contributed by atoms with van der Waals surface area (Å²) < 4.78 is 41.2. The zero-order valence-electron chi connectivity index (χ0n) is 10.9. The number of alkyl halides is 3. The van der Waals surface area contributed by atoms with Crippen LogP contribution in [0.1, 0.15) is 12.0 Å². The lowest BCUT2D eigenvalue weighted by molar-refractivity contribution is -0.146. The Bertz CT molecular complexity index is 451. The predicted molar refractivity (Wildman–Crippen MR) is 69.4 cm³/mol. The van der Waals surface area contributed by atoms with Crippen LogP contribution in [-0.2, 0) is 16.1 Å². The number of rotatable bonds is 6. The van der Waals surface area contributed by atoms with Gasteiger partial charge in [0, 0.05) is 18.6 Å². The summed E-state index contributed by atoms with van der Waals surface area (Å²) in [7, 11) is 1.31. The minimum atomic E-state index is -4.27. The van der Waals surface area contributed by atoms with E-state index < -0.39 is 18.5 Å². The molecule has 0 bridgehead atoms. The standard InChI is InChI=1S/C13H15ClF3NO2/c1-18(7-6-13(15,16)17)12(19)9-20-8-10-4-2-3-5-11(10)14/h2-5H,6-9H2,1H3. The number of benzene rings is 1. The lowest BCUT2D eigenvalue weighted by Crippen LogP contribution is -2.33. The summed E-state index contributed by atoms with van der Waals surface area (Å²) in [6.07, 6.45) is -5.30. The van der Waals surface area contributed by atoms with Gasteiger partial charge in [-0.3, -0.25) is 4.79 Å². The number of amides is 1. The maximum absolute atomic E-state index is 12.0. The monoisotopic (exact) mass is 309 g/mol. The van der Waals surface area contributed by atoms with Crippen LogP contribution in [0.2, 0.25) is 5.02 Å². The van der Waals surface area contributed by atoms with E-state index >= 15 is 0 Å². The molecule has 1 aromatic rings. The maximum Gasteiger partial charge on any atom is 0.390 e. The van der Waals surface area contributed by atoms with Crippen molar-refractivity contribution in [1.82, 2.24) is 4.90 Å². The van der Waals surface area contributed by atoms with E-state index in [1.165, 1.54) is 7.05 Å². The van der Waals surface area contributed by atoms with E-state index in [0.29, 0.717) is 5.02 Å². The maximum atomic E-state index is 12.0. The number of carbonyl (C=O) groups is 1. The number of halogens is 4. The Hall–Kier alpha value is -1.27. The van der Waals surface area contributed by atoms with Gasteiger partial charge in [0.25, 0.3) is 0 Å². The second kappa shape index (κ2) is 7.50. The van der Waals surface area contributed by atoms with Gasteiger partial charge in [-0.05, 0) is 11.6 Å². The highest BCUT2D eigenvalue weighted by Crippen LogP contribution is 2.19. The van der Waals surface area contributed by atoms with Crippen molar-refractivity contribution in [3.05, 3.63) is 34.9 Å². The molecular weight excluding hydrogens is 295 g/mol. The average Bonchev–Trinajstić information content (AvgIpc) is 2.37. The Labute approximate surface area is 120 Å². The molecule has 0 radical (unpaired) electrons. The fourth-order valence-corrected chi connectivity index (χ4v) is 1.58. The van der Waals surface area contributed by atoms with Gasteiger partial charge < -0.3 is 9.64 Å². The van der Waals surface area contributed by atoms with Gasteiger partial charge in [-0.1, -0.05) is 29.8 Å². The molecule has 1 amide bonds. The average molecular weight is 310 g/mol. The molecule has 0 fully saturated rings. The van der Waals surface area contributed by atoms with Crippen molar-refractivity contribution in [2.24, 2.45) is 0 Å². The molecule has 0 heterocycles. The molecule has 3 nitrogen and oxygen atoms in total. The molecule has 0 saturated heterocycles. The first-order valence-electron chi connectivity index (χ1n) is 5.91. The first-order chi connectivity index (χ1) is 9.29. The molecule has 112 valence electrons. The highest BCUT2D eigenvalue weighted by Gasteiger charge is 2.27. The highest BCUT2D eigenvalue weighted by molar-refractivity contribution is 6.31. The van der Waals surface area contributed by atoms with Crippen molar-refractivity contribution in [2.75, 3.05) is 20.2 Å². The van der Waals surface area contributed by atoms with E-state index in [4.69, 9.17) is 16.3 Å². The molecule has 0 atom stereocenters. The highest BCUT2D eigenvalue weighted by atomic mass is 35.5. The van der Waals surface area contributed by atoms with Crippen molar-refractivity contribution in [1.29, 1.82) is 0 Å². The predicted octanol–water partition coefficient (Wildman–Crippen LogP) is 3.27. The van der Waals surface area contributed by atoms with E-state index in [-0.39, 0.29) is 19.8 Å². The van der Waals surface area contributed by atoms with Gasteiger partial charge in [0.2, 0.25) is 5.91 Å². The molecule has 0 saturated carbocycles. The van der Waals surface area contributed by atoms with E-state index in [9.17, 15) is 18.0 Å². The van der Waals surface area contributed by atoms with Gasteiger partial charge >= 0.3 is 6.18 Å². The summed E-state index contributed by atoms with van der Waals surface area (Å²) in [4.78, 5) is 12.5. The molecule has 0 aromatic heterocycles. The van der Waals surface area contributed by atoms with E-state index in [0.717, 1.165) is 10.5 Å². The van der Waals surface area contributed by atoms with Crippen molar-refractivity contribution < 1.29 is 22.7 Å². The van der Waals surface area contributed by atoms with Crippen LogP contribution in [0.3, 0.4) is 0 Å². The van der Waals surface area contributed by atoms with Gasteiger partial charge in [0.1, 0.15) is 6.61 Å². The number of nitrogens with zero attached hydrogens (tertiary/aromatic N) is 1. The third-order valence-corrected chi connectivity index (χ3v) is 2.97. The van der Waals surface area contributed by atoms with Crippen LogP contribution in [0.25, 0.3) is 0 Å². The Morgan fingerprint density at radius 2 is 2.00 bits per heavy atom. The third kappa shape index (κ3) is 6.25. The summed E-state index contributed by atoms with van der Waals surface area (Å²) in [5.74, 6) is -0.499. The molecule has 0 spiro atoms. The first-order valence-corrected chi connectivity index (χ1v) is 6.29. The van der Waals surface area contributed by atoms with Gasteiger partial charge in [0.05, 0.1) is 13.0 Å². The third-order valence-electron chi connectivity index (χ3n) is 2.60. The Kier molecular flexibility index (Phi) is 6.29. The Morgan fingerprint density at radius 1 is 1.35 bits per heavy atom. The molecular formula is C13H15ClF3NO2. The zero-order valence-corrected chi connectivity index (χ0v) is 11.7. The number of carbonyl (C=O) groups excluding carboxylic acids is 1.